The second kappa shape index (κ2) is 24.0. The number of rotatable bonds is 7. The van der Waals surface area contributed by atoms with Crippen molar-refractivity contribution < 1.29 is 74.6 Å². The molecule has 0 unspecified atom stereocenters. The van der Waals surface area contributed by atoms with Crippen LogP contribution >= 0.6 is 0 Å². The summed E-state index contributed by atoms with van der Waals surface area (Å²) in [6.07, 6.45) is 18.3. The molecule has 4 aliphatic carbocycles. The molecular weight excluding hydrogens is 1020 g/mol. The number of carbonyl (C=O) groups is 9. The lowest BCUT2D eigenvalue weighted by Gasteiger charge is -2.28. The highest BCUT2D eigenvalue weighted by molar-refractivity contribution is 7.92. The van der Waals surface area contributed by atoms with Crippen LogP contribution in [0.5, 0.6) is 0 Å². The Kier molecular flexibility index (Phi) is 19.1. The number of nitrogens with zero attached hydrogens (tertiary/aromatic N) is 2. The van der Waals surface area contributed by atoms with Crippen molar-refractivity contribution in [3.63, 3.8) is 0 Å². The summed E-state index contributed by atoms with van der Waals surface area (Å²) in [6, 6.07) is -1.57. The summed E-state index contributed by atoms with van der Waals surface area (Å²) in [7, 11) is -7.65. The average molecular weight is 1110 g/mol. The summed E-state index contributed by atoms with van der Waals surface area (Å²) in [5, 5.41) is 10.2. The third-order valence-electron chi connectivity index (χ3n) is 16.9. The second-order valence-electron chi connectivity index (χ2n) is 23.4. The number of aliphatic hydroxyl groups excluding tert-OH is 1. The van der Waals surface area contributed by atoms with Gasteiger partial charge in [0.2, 0.25) is 43.7 Å². The first-order valence-corrected chi connectivity index (χ1v) is 30.1. The van der Waals surface area contributed by atoms with Crippen molar-refractivity contribution in [3.8, 4) is 0 Å². The highest BCUT2D eigenvalue weighted by Crippen LogP contribution is 2.59. The van der Waals surface area contributed by atoms with Crippen LogP contribution in [-0.4, -0.2) is 132 Å². The fourth-order valence-corrected chi connectivity index (χ4v) is 13.7. The molecule has 424 valence electrons. The van der Waals surface area contributed by atoms with E-state index in [1.807, 2.05) is 38.2 Å². The van der Waals surface area contributed by atoms with E-state index >= 15 is 0 Å². The topological polar surface area (TPSA) is 291 Å². The van der Waals surface area contributed by atoms with Gasteiger partial charge < -0.3 is 24.4 Å². The molecule has 0 aromatic heterocycles. The normalized spacial score (nSPS) is 33.9. The Morgan fingerprint density at radius 2 is 1.01 bits per heavy atom. The van der Waals surface area contributed by atoms with Crippen LogP contribution in [0, 0.1) is 34.5 Å². The number of sulfonamides is 2. The number of nitrogens with one attached hydrogen (secondary N) is 2. The van der Waals surface area contributed by atoms with Crippen molar-refractivity contribution in [3.05, 3.63) is 24.3 Å². The van der Waals surface area contributed by atoms with E-state index in [2.05, 4.69) is 14.2 Å². The third-order valence-corrected chi connectivity index (χ3v) is 21.2. The second-order valence-corrected chi connectivity index (χ2v) is 27.8. The molecule has 0 spiro atoms. The van der Waals surface area contributed by atoms with Crippen LogP contribution in [0.25, 0.3) is 0 Å². The number of hydrogen-bond acceptors (Lipinski definition) is 16. The molecule has 22 heteroatoms. The van der Waals surface area contributed by atoms with Crippen molar-refractivity contribution in [2.75, 3.05) is 13.1 Å². The predicted octanol–water partition coefficient (Wildman–Crippen LogP) is 4.80. The van der Waals surface area contributed by atoms with Crippen LogP contribution in [0.3, 0.4) is 0 Å². The van der Waals surface area contributed by atoms with Gasteiger partial charge in [-0.15, -0.1) is 0 Å². The smallest absolute Gasteiger partial charge is 0.310 e. The lowest BCUT2D eigenvalue weighted by atomic mass is 9.91. The number of carbonyl (C=O) groups excluding carboxylic acids is 9. The Balaban J connectivity index is 0.000000220. The third kappa shape index (κ3) is 14.4. The van der Waals surface area contributed by atoms with Crippen LogP contribution in [0.4, 0.5) is 0 Å². The zero-order chi connectivity index (χ0) is 56.2. The van der Waals surface area contributed by atoms with Crippen LogP contribution in [-0.2, 0) is 72.7 Å². The van der Waals surface area contributed by atoms with Gasteiger partial charge >= 0.3 is 17.9 Å². The summed E-state index contributed by atoms with van der Waals surface area (Å²) < 4.78 is 63.0. The molecule has 3 N–H and O–H groups in total. The van der Waals surface area contributed by atoms with Crippen molar-refractivity contribution >= 4 is 73.1 Å². The molecule has 2 saturated heterocycles. The Bertz CT molecular complexity index is 2560. The summed E-state index contributed by atoms with van der Waals surface area (Å²) in [6.45, 7) is 10.9. The Morgan fingerprint density at radius 1 is 0.605 bits per heavy atom. The highest BCUT2D eigenvalue weighted by atomic mass is 32.2. The molecule has 8 rings (SSSR count). The largest absolute Gasteiger partial charge is 0.461 e. The van der Waals surface area contributed by atoms with Gasteiger partial charge in [0.25, 0.3) is 0 Å². The van der Waals surface area contributed by atoms with Crippen LogP contribution in [0.15, 0.2) is 24.3 Å². The fourth-order valence-electron chi connectivity index (χ4n) is 11.0. The number of allylic oxidation sites excluding steroid dienone is 4. The molecule has 6 fully saturated rings. The maximum Gasteiger partial charge on any atom is 0.310 e. The van der Waals surface area contributed by atoms with Gasteiger partial charge in [-0.3, -0.25) is 52.6 Å². The van der Waals surface area contributed by atoms with Crippen LogP contribution < -0.4 is 9.44 Å². The molecule has 20 nitrogen and oxygen atoms in total. The van der Waals surface area contributed by atoms with Crippen molar-refractivity contribution in [1.29, 1.82) is 0 Å². The van der Waals surface area contributed by atoms with Crippen LogP contribution in [0.2, 0.25) is 0 Å². The molecule has 4 aliphatic heterocycles. The van der Waals surface area contributed by atoms with Crippen LogP contribution in [0.1, 0.15) is 177 Å². The van der Waals surface area contributed by atoms with Gasteiger partial charge in [-0.25, -0.2) is 16.8 Å². The van der Waals surface area contributed by atoms with Crippen molar-refractivity contribution in [1.82, 2.24) is 19.2 Å². The minimum Gasteiger partial charge on any atom is -0.461 e. The number of hydrogen-bond donors (Lipinski definition) is 3. The molecular formula is C54H80N4O16S2. The van der Waals surface area contributed by atoms with E-state index in [0.29, 0.717) is 44.9 Å². The minimum absolute atomic E-state index is 0.120. The van der Waals surface area contributed by atoms with Gasteiger partial charge in [0.05, 0.1) is 45.1 Å². The molecule has 4 saturated carbocycles. The quantitative estimate of drug-likeness (QED) is 0.175. The predicted molar refractivity (Wildman–Crippen MR) is 277 cm³/mol. The van der Waals surface area contributed by atoms with Gasteiger partial charge in [0.1, 0.15) is 6.10 Å². The molecule has 10 atom stereocenters. The Labute approximate surface area is 447 Å². The SMILES string of the molecule is CC(=O)OC(C)=O.CC(=O)O[C@@H]1C[C@H]2C(=O)C[C@]3(C(=O)NS(=O)(=O)C4(C)CC4)C[C@H]3/C=C\CCCCC[C@H](C)C(=O)N2C1.C[C@H]1CCCCC/C=C\[C@@H]2C[C@@]2(C(=O)NS(=O)(=O)C2(C)CC2)CC(=O)[C@@H]2C[C@@H](O)CN2C1=O. The Morgan fingerprint density at radius 3 is 1.39 bits per heavy atom. The minimum atomic E-state index is -3.84. The number of amides is 4. The number of ketones is 2. The van der Waals surface area contributed by atoms with E-state index in [9.17, 15) is 65.1 Å². The summed E-state index contributed by atoms with van der Waals surface area (Å²) in [5.74, 6) is -4.64. The molecule has 0 bridgehead atoms. The van der Waals surface area contributed by atoms with E-state index < -0.39 is 94.4 Å². The molecule has 4 heterocycles. The number of esters is 3. The molecule has 0 radical (unpaired) electrons. The van der Waals surface area contributed by atoms with Crippen molar-refractivity contribution in [2.45, 2.75) is 211 Å². The Hall–Kier alpha value is -4.83. The summed E-state index contributed by atoms with van der Waals surface area (Å²) in [5.41, 5.74) is -2.26. The molecule has 4 amide bonds. The maximum absolute atomic E-state index is 13.7. The standard InChI is InChI=1S/C26H38N2O7S.C24H36N2O6S.C4H6O3/c1-17-9-7-5-4-6-8-10-19-14-26(19,24(32)27-36(33,34)25(3)11-12-25)15-22(30)21-13-20(35-18(2)29)16-28(21)23(17)31;1-16-8-6-4-3-5-7-9-17-13-24(17,22(30)25-33(31,32)23(2)10-11-23)14-20(28)19-12-18(27)15-26(19)21(16)29;1-3(5)7-4(2)6/h8,10,17,19-21H,4-7,9,11-16H2,1-3H3,(H,27,32);7,9,16-19,27H,3-6,8,10-15H2,1-2H3,(H,25,30);1-2H3/b10-8-;9-7-;/t17-,19+,20+,21-,26+;16-,17+,18+,19-,24+;/m00./s1. The lowest BCUT2D eigenvalue weighted by molar-refractivity contribution is -0.156. The average Bonchev–Trinajstić information content (AvgIpc) is 4.28. The van der Waals surface area contributed by atoms with Crippen molar-refractivity contribution in [2.24, 2.45) is 34.5 Å². The van der Waals surface area contributed by atoms with E-state index in [0.717, 1.165) is 57.8 Å². The van der Waals surface area contributed by atoms with Gasteiger partial charge in [0, 0.05) is 64.8 Å². The van der Waals surface area contributed by atoms with Gasteiger partial charge in [-0.1, -0.05) is 63.8 Å². The summed E-state index contributed by atoms with van der Waals surface area (Å²) in [4.78, 5) is 114. The van der Waals surface area contributed by atoms with Gasteiger partial charge in [0.15, 0.2) is 11.6 Å². The molecule has 0 aromatic carbocycles. The van der Waals surface area contributed by atoms with Gasteiger partial charge in [-0.05, 0) is 103 Å². The molecule has 8 aliphatic rings. The van der Waals surface area contributed by atoms with E-state index in [-0.39, 0.29) is 85.8 Å². The molecule has 0 aromatic rings. The maximum atomic E-state index is 13.7. The zero-order valence-corrected chi connectivity index (χ0v) is 46.9. The number of fused-ring (bicyclic) bond motifs is 4. The summed E-state index contributed by atoms with van der Waals surface area (Å²) >= 11 is 0. The van der Waals surface area contributed by atoms with Gasteiger partial charge in [-0.2, -0.15) is 0 Å². The first-order valence-electron chi connectivity index (χ1n) is 27.2. The number of ether oxygens (including phenoxy) is 2. The first kappa shape index (κ1) is 60.4. The van der Waals surface area contributed by atoms with E-state index in [1.54, 1.807) is 13.8 Å². The fraction of sp³-hybridized carbons (Fsp3) is 0.759. The van der Waals surface area contributed by atoms with E-state index in [1.165, 1.54) is 30.6 Å². The lowest BCUT2D eigenvalue weighted by Crippen LogP contribution is -2.46. The van der Waals surface area contributed by atoms with E-state index in [4.69, 9.17) is 4.74 Å². The zero-order valence-electron chi connectivity index (χ0n) is 45.3. The number of Topliss-reactive ketones (excluding diaryl/α,β-unsaturated/α-hetero) is 2. The first-order chi connectivity index (χ1) is 35.5. The molecule has 76 heavy (non-hydrogen) atoms. The monoisotopic (exact) mass is 1100 g/mol. The highest BCUT2D eigenvalue weighted by Gasteiger charge is 2.64. The number of aliphatic hydroxyl groups is 1.